The maximum absolute atomic E-state index is 5.98. The number of benzene rings is 2. The van der Waals surface area contributed by atoms with Gasteiger partial charge in [0.25, 0.3) is 0 Å². The maximum atomic E-state index is 5.98. The average molecular weight is 293 g/mol. The van der Waals surface area contributed by atoms with Crippen molar-refractivity contribution in [2.24, 2.45) is 0 Å². The van der Waals surface area contributed by atoms with E-state index in [1.54, 1.807) is 0 Å². The van der Waals surface area contributed by atoms with Crippen LogP contribution in [0.1, 0.15) is 36.7 Å². The SMILES string of the molecule is Cc1ccc(OCc2cc3cc(C)ccc3n2C(C)C)cc1. The summed E-state index contributed by atoms with van der Waals surface area (Å²) < 4.78 is 8.34. The van der Waals surface area contributed by atoms with E-state index >= 15 is 0 Å². The van der Waals surface area contributed by atoms with Crippen LogP contribution in [0.5, 0.6) is 5.75 Å². The number of nitrogens with zero attached hydrogens (tertiary/aromatic N) is 1. The van der Waals surface area contributed by atoms with Crippen molar-refractivity contribution in [2.75, 3.05) is 0 Å². The van der Waals surface area contributed by atoms with Crippen molar-refractivity contribution in [3.63, 3.8) is 0 Å². The molecule has 0 spiro atoms. The van der Waals surface area contributed by atoms with Crippen LogP contribution >= 0.6 is 0 Å². The lowest BCUT2D eigenvalue weighted by Gasteiger charge is -2.15. The van der Waals surface area contributed by atoms with Crippen molar-refractivity contribution in [1.29, 1.82) is 0 Å². The van der Waals surface area contributed by atoms with Gasteiger partial charge < -0.3 is 9.30 Å². The molecule has 0 amide bonds. The molecule has 0 saturated heterocycles. The Morgan fingerprint density at radius 2 is 1.59 bits per heavy atom. The minimum atomic E-state index is 0.414. The molecule has 0 atom stereocenters. The normalized spacial score (nSPS) is 11.3. The summed E-state index contributed by atoms with van der Waals surface area (Å²) in [6.45, 7) is 9.25. The van der Waals surface area contributed by atoms with Crippen LogP contribution in [0.3, 0.4) is 0 Å². The topological polar surface area (TPSA) is 14.2 Å². The molecule has 2 nitrogen and oxygen atoms in total. The zero-order valence-electron chi connectivity index (χ0n) is 13.8. The third-order valence-corrected chi connectivity index (χ3v) is 4.00. The predicted molar refractivity (Wildman–Crippen MR) is 92.6 cm³/mol. The summed E-state index contributed by atoms with van der Waals surface area (Å²) in [6.07, 6.45) is 0. The molecule has 2 aromatic carbocycles. The predicted octanol–water partition coefficient (Wildman–Crippen LogP) is 5.42. The standard InChI is InChI=1S/C20H23NO/c1-14(2)21-18(12-17-11-16(4)7-10-20(17)21)13-22-19-8-5-15(3)6-9-19/h5-12,14H,13H2,1-4H3. The molecule has 0 N–H and O–H groups in total. The van der Waals surface area contributed by atoms with Gasteiger partial charge in [-0.2, -0.15) is 0 Å². The van der Waals surface area contributed by atoms with Gasteiger partial charge in [0.05, 0.1) is 5.69 Å². The van der Waals surface area contributed by atoms with E-state index < -0.39 is 0 Å². The second-order valence-corrected chi connectivity index (χ2v) is 6.26. The lowest BCUT2D eigenvalue weighted by molar-refractivity contribution is 0.293. The summed E-state index contributed by atoms with van der Waals surface area (Å²) in [5.41, 5.74) is 5.04. The Labute approximate surface area is 132 Å². The first-order chi connectivity index (χ1) is 10.5. The number of hydrogen-bond donors (Lipinski definition) is 0. The van der Waals surface area contributed by atoms with E-state index in [1.807, 2.05) is 12.1 Å². The van der Waals surface area contributed by atoms with Gasteiger partial charge in [0, 0.05) is 16.9 Å². The fraction of sp³-hybridized carbons (Fsp3) is 0.300. The minimum Gasteiger partial charge on any atom is -0.487 e. The molecule has 0 radical (unpaired) electrons. The van der Waals surface area contributed by atoms with Crippen LogP contribution in [0.25, 0.3) is 10.9 Å². The Kier molecular flexibility index (Phi) is 3.93. The van der Waals surface area contributed by atoms with Gasteiger partial charge in [-0.15, -0.1) is 0 Å². The largest absolute Gasteiger partial charge is 0.487 e. The van der Waals surface area contributed by atoms with Crippen molar-refractivity contribution in [3.05, 3.63) is 65.4 Å². The van der Waals surface area contributed by atoms with Crippen LogP contribution in [-0.2, 0) is 6.61 Å². The van der Waals surface area contributed by atoms with E-state index in [0.29, 0.717) is 12.6 Å². The van der Waals surface area contributed by atoms with Gasteiger partial charge in [0.1, 0.15) is 12.4 Å². The summed E-state index contributed by atoms with van der Waals surface area (Å²) in [6, 6.07) is 17.5. The maximum Gasteiger partial charge on any atom is 0.128 e. The highest BCUT2D eigenvalue weighted by molar-refractivity contribution is 5.82. The molecule has 2 heteroatoms. The lowest BCUT2D eigenvalue weighted by Crippen LogP contribution is -2.08. The van der Waals surface area contributed by atoms with Gasteiger partial charge in [0.2, 0.25) is 0 Å². The Balaban J connectivity index is 1.92. The number of rotatable bonds is 4. The van der Waals surface area contributed by atoms with Crippen LogP contribution in [0.2, 0.25) is 0 Å². The van der Waals surface area contributed by atoms with Crippen molar-refractivity contribution in [2.45, 2.75) is 40.3 Å². The number of fused-ring (bicyclic) bond motifs is 1. The van der Waals surface area contributed by atoms with Crippen LogP contribution in [0, 0.1) is 13.8 Å². The molecule has 0 saturated carbocycles. The summed E-state index contributed by atoms with van der Waals surface area (Å²) in [4.78, 5) is 0. The number of hydrogen-bond acceptors (Lipinski definition) is 1. The van der Waals surface area contributed by atoms with E-state index in [-0.39, 0.29) is 0 Å². The third kappa shape index (κ3) is 2.87. The summed E-state index contributed by atoms with van der Waals surface area (Å²) in [5.74, 6) is 0.919. The molecule has 1 heterocycles. The smallest absolute Gasteiger partial charge is 0.128 e. The van der Waals surface area contributed by atoms with E-state index in [4.69, 9.17) is 4.74 Å². The Morgan fingerprint density at radius 3 is 2.27 bits per heavy atom. The van der Waals surface area contributed by atoms with Gasteiger partial charge in [-0.1, -0.05) is 29.3 Å². The van der Waals surface area contributed by atoms with Gasteiger partial charge in [0.15, 0.2) is 0 Å². The van der Waals surface area contributed by atoms with Crippen LogP contribution in [0.4, 0.5) is 0 Å². The molecule has 0 bridgehead atoms. The number of ether oxygens (including phenoxy) is 1. The molecule has 0 unspecified atom stereocenters. The van der Waals surface area contributed by atoms with Crippen LogP contribution < -0.4 is 4.74 Å². The number of aryl methyl sites for hydroxylation is 2. The monoisotopic (exact) mass is 293 g/mol. The van der Waals surface area contributed by atoms with Gasteiger partial charge in [-0.3, -0.25) is 0 Å². The lowest BCUT2D eigenvalue weighted by atomic mass is 10.2. The first-order valence-electron chi connectivity index (χ1n) is 7.84. The Morgan fingerprint density at radius 1 is 0.909 bits per heavy atom. The quantitative estimate of drug-likeness (QED) is 0.626. The molecule has 0 aliphatic carbocycles. The minimum absolute atomic E-state index is 0.414. The van der Waals surface area contributed by atoms with E-state index in [9.17, 15) is 0 Å². The second-order valence-electron chi connectivity index (χ2n) is 6.26. The highest BCUT2D eigenvalue weighted by Gasteiger charge is 2.12. The van der Waals surface area contributed by atoms with Gasteiger partial charge in [-0.05, 0) is 58.0 Å². The van der Waals surface area contributed by atoms with E-state index in [0.717, 1.165) is 5.75 Å². The number of aromatic nitrogens is 1. The zero-order chi connectivity index (χ0) is 15.7. The molecule has 0 fully saturated rings. The molecule has 1 aromatic heterocycles. The highest BCUT2D eigenvalue weighted by atomic mass is 16.5. The van der Waals surface area contributed by atoms with Crippen molar-refractivity contribution >= 4 is 10.9 Å². The molecule has 114 valence electrons. The first kappa shape index (κ1) is 14.7. The van der Waals surface area contributed by atoms with Crippen molar-refractivity contribution in [1.82, 2.24) is 4.57 Å². The Hall–Kier alpha value is -2.22. The summed E-state index contributed by atoms with van der Waals surface area (Å²) in [5, 5.41) is 1.29. The van der Waals surface area contributed by atoms with Crippen LogP contribution in [-0.4, -0.2) is 4.57 Å². The van der Waals surface area contributed by atoms with Crippen LogP contribution in [0.15, 0.2) is 48.5 Å². The summed E-state index contributed by atoms with van der Waals surface area (Å²) in [7, 11) is 0. The van der Waals surface area contributed by atoms with Crippen molar-refractivity contribution in [3.8, 4) is 5.75 Å². The molecule has 0 aliphatic heterocycles. The second kappa shape index (κ2) is 5.88. The zero-order valence-corrected chi connectivity index (χ0v) is 13.8. The van der Waals surface area contributed by atoms with Gasteiger partial charge in [-0.25, -0.2) is 0 Å². The first-order valence-corrected chi connectivity index (χ1v) is 7.84. The molecule has 22 heavy (non-hydrogen) atoms. The average Bonchev–Trinajstić information content (AvgIpc) is 2.84. The Bertz CT molecular complexity index is 781. The fourth-order valence-electron chi connectivity index (χ4n) is 2.93. The molecular weight excluding hydrogens is 270 g/mol. The van der Waals surface area contributed by atoms with Crippen molar-refractivity contribution < 1.29 is 4.74 Å². The highest BCUT2D eigenvalue weighted by Crippen LogP contribution is 2.26. The summed E-state index contributed by atoms with van der Waals surface area (Å²) >= 11 is 0. The molecule has 0 aliphatic rings. The van der Waals surface area contributed by atoms with Gasteiger partial charge >= 0.3 is 0 Å². The third-order valence-electron chi connectivity index (χ3n) is 4.00. The molecule has 3 aromatic rings. The van der Waals surface area contributed by atoms with E-state index in [2.05, 4.69) is 68.7 Å². The molecular formula is C20H23NO. The van der Waals surface area contributed by atoms with E-state index in [1.165, 1.54) is 27.7 Å². The fourth-order valence-corrected chi connectivity index (χ4v) is 2.93. The molecule has 3 rings (SSSR count).